The Morgan fingerprint density at radius 1 is 0.467 bits per heavy atom. The second-order valence-electron chi connectivity index (χ2n) is 9.88. The summed E-state index contributed by atoms with van der Waals surface area (Å²) in [5.74, 6) is -0.0670. The van der Waals surface area contributed by atoms with Gasteiger partial charge in [0.25, 0.3) is 0 Å². The summed E-state index contributed by atoms with van der Waals surface area (Å²) in [7, 11) is 0. The summed E-state index contributed by atoms with van der Waals surface area (Å²) in [5.41, 5.74) is -15.8. The van der Waals surface area contributed by atoms with E-state index in [9.17, 15) is 52.7 Å². The minimum atomic E-state index is -6.23. The van der Waals surface area contributed by atoms with E-state index in [4.69, 9.17) is 4.42 Å². The molecule has 0 saturated heterocycles. The molecular formula is C30H12F12N2O. The minimum absolute atomic E-state index is 0.0670. The van der Waals surface area contributed by atoms with Gasteiger partial charge in [0.1, 0.15) is 17.0 Å². The van der Waals surface area contributed by atoms with Crippen molar-refractivity contribution in [3.8, 4) is 22.7 Å². The fraction of sp³-hybridized carbons (Fsp3) is 0.133. The Morgan fingerprint density at radius 3 is 1.38 bits per heavy atom. The maximum absolute atomic E-state index is 14.4. The van der Waals surface area contributed by atoms with Crippen molar-refractivity contribution in [3.05, 3.63) is 95.1 Å². The highest BCUT2D eigenvalue weighted by atomic mass is 19.4. The van der Waals surface area contributed by atoms with E-state index in [1.54, 1.807) is 30.3 Å². The van der Waals surface area contributed by atoms with E-state index in [0.29, 0.717) is 16.4 Å². The fourth-order valence-corrected chi connectivity index (χ4v) is 5.26. The summed E-state index contributed by atoms with van der Waals surface area (Å²) in [6, 6.07) is 14.9. The van der Waals surface area contributed by atoms with Crippen molar-refractivity contribution in [1.82, 2.24) is 10.2 Å². The van der Waals surface area contributed by atoms with Crippen molar-refractivity contribution < 1.29 is 57.1 Å². The molecule has 0 aliphatic heterocycles. The molecule has 2 aromatic heterocycles. The molecule has 0 radical (unpaired) electrons. The van der Waals surface area contributed by atoms with Crippen LogP contribution in [0.15, 0.2) is 77.2 Å². The minimum Gasteiger partial charge on any atom is -0.454 e. The van der Waals surface area contributed by atoms with Crippen molar-refractivity contribution in [2.75, 3.05) is 0 Å². The van der Waals surface area contributed by atoms with E-state index >= 15 is 0 Å². The Kier molecular flexibility index (Phi) is 6.61. The van der Waals surface area contributed by atoms with E-state index in [-0.39, 0.29) is 22.2 Å². The molecule has 0 aliphatic rings. The van der Waals surface area contributed by atoms with Crippen LogP contribution in [-0.4, -0.2) is 10.2 Å². The predicted octanol–water partition coefficient (Wildman–Crippen LogP) is 10.9. The number of halogens is 12. The molecule has 0 saturated carbocycles. The van der Waals surface area contributed by atoms with Crippen molar-refractivity contribution in [2.45, 2.75) is 24.7 Å². The summed E-state index contributed by atoms with van der Waals surface area (Å²) in [4.78, 5) is 0. The van der Waals surface area contributed by atoms with Crippen LogP contribution in [0.3, 0.4) is 0 Å². The zero-order valence-corrected chi connectivity index (χ0v) is 21.8. The average Bonchev–Trinajstić information content (AvgIpc) is 3.36. The molecule has 232 valence electrons. The van der Waals surface area contributed by atoms with Crippen LogP contribution in [0.2, 0.25) is 0 Å². The van der Waals surface area contributed by atoms with E-state index in [1.807, 2.05) is 0 Å². The molecule has 0 aliphatic carbocycles. The molecule has 15 heteroatoms. The van der Waals surface area contributed by atoms with Gasteiger partial charge in [-0.15, -0.1) is 10.2 Å². The van der Waals surface area contributed by atoms with Crippen LogP contribution in [0.5, 0.6) is 0 Å². The van der Waals surface area contributed by atoms with Gasteiger partial charge in [0.15, 0.2) is 5.76 Å². The highest BCUT2D eigenvalue weighted by Gasteiger charge is 2.54. The Hall–Kier alpha value is -4.82. The quantitative estimate of drug-likeness (QED) is 0.139. The molecular weight excluding hydrogens is 632 g/mol. The van der Waals surface area contributed by atoms with E-state index in [0.717, 1.165) is 6.07 Å². The van der Waals surface area contributed by atoms with Gasteiger partial charge in [-0.1, -0.05) is 42.5 Å². The largest absolute Gasteiger partial charge is 0.454 e. The molecule has 45 heavy (non-hydrogen) atoms. The van der Waals surface area contributed by atoms with Gasteiger partial charge in [-0.3, -0.25) is 0 Å². The molecule has 0 spiro atoms. The summed E-state index contributed by atoms with van der Waals surface area (Å²) in [6.45, 7) is 0. The van der Waals surface area contributed by atoms with Gasteiger partial charge in [-0.05, 0) is 41.1 Å². The summed E-state index contributed by atoms with van der Waals surface area (Å²) in [5, 5.41) is 7.41. The van der Waals surface area contributed by atoms with Crippen molar-refractivity contribution in [3.63, 3.8) is 0 Å². The maximum Gasteiger partial charge on any atom is 0.417 e. The van der Waals surface area contributed by atoms with Crippen LogP contribution in [0, 0.1) is 0 Å². The lowest BCUT2D eigenvalue weighted by Crippen LogP contribution is -2.26. The lowest BCUT2D eigenvalue weighted by atomic mass is 9.86. The number of hydrogen-bond donors (Lipinski definition) is 0. The first-order valence-corrected chi connectivity index (χ1v) is 12.5. The van der Waals surface area contributed by atoms with Gasteiger partial charge in [0.2, 0.25) is 0 Å². The van der Waals surface area contributed by atoms with Gasteiger partial charge in [-0.25, -0.2) is 0 Å². The molecule has 2 heterocycles. The Morgan fingerprint density at radius 2 is 0.911 bits per heavy atom. The fourth-order valence-electron chi connectivity index (χ4n) is 5.26. The van der Waals surface area contributed by atoms with Gasteiger partial charge in [0.05, 0.1) is 22.3 Å². The highest BCUT2D eigenvalue weighted by molar-refractivity contribution is 6.09. The predicted molar refractivity (Wildman–Crippen MR) is 138 cm³/mol. The van der Waals surface area contributed by atoms with Crippen LogP contribution in [0.1, 0.15) is 22.3 Å². The third-order valence-corrected chi connectivity index (χ3v) is 7.05. The zero-order valence-electron chi connectivity index (χ0n) is 21.8. The number of fused-ring (bicyclic) bond motifs is 3. The normalized spacial score (nSPS) is 13.3. The lowest BCUT2D eigenvalue weighted by molar-refractivity contribution is -0.170. The third-order valence-electron chi connectivity index (χ3n) is 7.05. The SMILES string of the molecule is FC(F)(F)c1cc(C(F)(F)F)c(C(F)(F)F)c(-c2nnc(-c3cc4ccccc4o3)c3cc4ccccc4cc23)c1C(F)(F)F. The average molecular weight is 644 g/mol. The number of aromatic nitrogens is 2. The Labute approximate surface area is 242 Å². The molecule has 0 atom stereocenters. The monoisotopic (exact) mass is 644 g/mol. The second kappa shape index (κ2) is 9.84. The van der Waals surface area contributed by atoms with Gasteiger partial charge >= 0.3 is 24.7 Å². The van der Waals surface area contributed by atoms with Crippen LogP contribution < -0.4 is 0 Å². The number of benzene rings is 4. The summed E-state index contributed by atoms with van der Waals surface area (Å²) in [6.07, 6.45) is -24.8. The number of para-hydroxylation sites is 1. The Balaban J connectivity index is 1.85. The van der Waals surface area contributed by atoms with Crippen LogP contribution in [-0.2, 0) is 24.7 Å². The first kappa shape index (κ1) is 30.2. The van der Waals surface area contributed by atoms with Crippen molar-refractivity contribution in [1.29, 1.82) is 0 Å². The van der Waals surface area contributed by atoms with E-state index < -0.39 is 69.7 Å². The molecule has 6 rings (SSSR count). The molecule has 0 fully saturated rings. The second-order valence-corrected chi connectivity index (χ2v) is 9.88. The number of rotatable bonds is 2. The van der Waals surface area contributed by atoms with Gasteiger partial charge in [-0.2, -0.15) is 52.7 Å². The first-order valence-electron chi connectivity index (χ1n) is 12.5. The number of hydrogen-bond acceptors (Lipinski definition) is 3. The zero-order chi connectivity index (χ0) is 32.7. The first-order chi connectivity index (χ1) is 20.9. The van der Waals surface area contributed by atoms with E-state index in [1.165, 1.54) is 30.3 Å². The maximum atomic E-state index is 14.4. The Bertz CT molecular complexity index is 2040. The molecule has 6 aromatic rings. The van der Waals surface area contributed by atoms with Crippen LogP contribution >= 0.6 is 0 Å². The molecule has 0 unspecified atom stereocenters. The van der Waals surface area contributed by atoms with E-state index in [2.05, 4.69) is 10.2 Å². The molecule has 0 bridgehead atoms. The van der Waals surface area contributed by atoms with Gasteiger partial charge < -0.3 is 4.42 Å². The van der Waals surface area contributed by atoms with Crippen LogP contribution in [0.25, 0.3) is 55.2 Å². The topological polar surface area (TPSA) is 38.9 Å². The highest BCUT2D eigenvalue weighted by Crippen LogP contribution is 2.54. The molecule has 4 aromatic carbocycles. The standard InChI is InChI=1S/C30H12F12N2O/c31-27(32,33)18-12-19(28(34,35)36)24(30(40,41)42)22(23(18)29(37,38)39)26-17-10-14-6-2-1-5-13(14)9-16(17)25(43-44-26)21-11-15-7-3-4-8-20(15)45-21/h1-12H. The summed E-state index contributed by atoms with van der Waals surface area (Å²) >= 11 is 0. The third kappa shape index (κ3) is 5.19. The molecule has 3 nitrogen and oxygen atoms in total. The van der Waals surface area contributed by atoms with Crippen LogP contribution in [0.4, 0.5) is 52.7 Å². The molecule has 0 amide bonds. The number of alkyl halides is 12. The van der Waals surface area contributed by atoms with Gasteiger partial charge in [0, 0.05) is 21.7 Å². The smallest absolute Gasteiger partial charge is 0.417 e. The number of furan rings is 1. The molecule has 0 N–H and O–H groups in total. The van der Waals surface area contributed by atoms with Crippen molar-refractivity contribution >= 4 is 32.5 Å². The lowest BCUT2D eigenvalue weighted by Gasteiger charge is -2.26. The summed E-state index contributed by atoms with van der Waals surface area (Å²) < 4.78 is 176. The number of nitrogens with zero attached hydrogens (tertiary/aromatic N) is 2. The van der Waals surface area contributed by atoms with Crippen molar-refractivity contribution in [2.24, 2.45) is 0 Å².